The normalized spacial score (nSPS) is 12.9. The quantitative estimate of drug-likeness (QED) is 0.899. The Bertz CT molecular complexity index is 635. The first-order chi connectivity index (χ1) is 9.22. The third-order valence-electron chi connectivity index (χ3n) is 2.99. The molecule has 2 aromatic rings. The summed E-state index contributed by atoms with van der Waals surface area (Å²) in [4.78, 5) is 23.8. The van der Waals surface area contributed by atoms with E-state index in [-0.39, 0.29) is 11.8 Å². The molecule has 2 heterocycles. The third kappa shape index (κ3) is 2.51. The van der Waals surface area contributed by atoms with Crippen LogP contribution in [0.1, 0.15) is 20.8 Å². The van der Waals surface area contributed by atoms with Crippen molar-refractivity contribution in [1.82, 2.24) is 5.32 Å². The lowest BCUT2D eigenvalue weighted by molar-refractivity contribution is -0.115. The van der Waals surface area contributed by atoms with E-state index < -0.39 is 0 Å². The molecule has 0 unspecified atom stereocenters. The molecule has 5 heteroatoms. The molecule has 0 saturated carbocycles. The number of carbonyl (C=O) groups excluding carboxylic acids is 2. The molecule has 0 saturated heterocycles. The number of thiophene rings is 1. The van der Waals surface area contributed by atoms with E-state index in [4.69, 9.17) is 0 Å². The zero-order valence-electron chi connectivity index (χ0n) is 10.1. The average Bonchev–Trinajstić information content (AvgIpc) is 3.03. The molecule has 1 aliphatic rings. The van der Waals surface area contributed by atoms with Crippen molar-refractivity contribution in [1.29, 1.82) is 0 Å². The number of amides is 2. The van der Waals surface area contributed by atoms with E-state index in [9.17, 15) is 9.59 Å². The van der Waals surface area contributed by atoms with E-state index in [0.717, 1.165) is 16.8 Å². The second-order valence-electron chi connectivity index (χ2n) is 4.38. The molecule has 2 amide bonds. The van der Waals surface area contributed by atoms with Gasteiger partial charge in [0.1, 0.15) is 0 Å². The first-order valence-corrected chi connectivity index (χ1v) is 6.84. The van der Waals surface area contributed by atoms with Gasteiger partial charge < -0.3 is 10.6 Å². The number of benzene rings is 1. The molecule has 1 aliphatic heterocycles. The first-order valence-electron chi connectivity index (χ1n) is 5.96. The van der Waals surface area contributed by atoms with Crippen LogP contribution in [0.25, 0.3) is 0 Å². The lowest BCUT2D eigenvalue weighted by atomic mass is 10.1. The van der Waals surface area contributed by atoms with Crippen molar-refractivity contribution in [2.75, 3.05) is 5.32 Å². The molecule has 2 N–H and O–H groups in total. The smallest absolute Gasteiger partial charge is 0.261 e. The van der Waals surface area contributed by atoms with Gasteiger partial charge in [0, 0.05) is 12.2 Å². The van der Waals surface area contributed by atoms with Crippen LogP contribution >= 0.6 is 11.3 Å². The zero-order chi connectivity index (χ0) is 13.2. The summed E-state index contributed by atoms with van der Waals surface area (Å²) in [6.07, 6.45) is 0.419. The molecule has 0 atom stereocenters. The van der Waals surface area contributed by atoms with Crippen molar-refractivity contribution in [2.45, 2.75) is 13.0 Å². The van der Waals surface area contributed by atoms with Crippen LogP contribution in [0.5, 0.6) is 0 Å². The summed E-state index contributed by atoms with van der Waals surface area (Å²) in [5, 5.41) is 7.53. The van der Waals surface area contributed by atoms with E-state index >= 15 is 0 Å². The largest absolute Gasteiger partial charge is 0.347 e. The van der Waals surface area contributed by atoms with Gasteiger partial charge >= 0.3 is 0 Å². The summed E-state index contributed by atoms with van der Waals surface area (Å²) in [7, 11) is 0. The predicted octanol–water partition coefficient (Wildman–Crippen LogP) is 2.17. The summed E-state index contributed by atoms with van der Waals surface area (Å²) < 4.78 is 0. The van der Waals surface area contributed by atoms with Crippen molar-refractivity contribution in [3.8, 4) is 0 Å². The van der Waals surface area contributed by atoms with Crippen molar-refractivity contribution in [3.05, 3.63) is 51.7 Å². The molecular weight excluding hydrogens is 260 g/mol. The summed E-state index contributed by atoms with van der Waals surface area (Å²) in [6, 6.07) is 9.41. The van der Waals surface area contributed by atoms with E-state index in [1.54, 1.807) is 6.07 Å². The number of hydrogen-bond donors (Lipinski definition) is 2. The number of fused-ring (bicyclic) bond motifs is 1. The fraction of sp³-hybridized carbons (Fsp3) is 0.143. The van der Waals surface area contributed by atoms with Gasteiger partial charge in [-0.05, 0) is 28.6 Å². The van der Waals surface area contributed by atoms with Crippen LogP contribution in [0.15, 0.2) is 35.7 Å². The van der Waals surface area contributed by atoms with Gasteiger partial charge in [-0.15, -0.1) is 11.3 Å². The maximum Gasteiger partial charge on any atom is 0.261 e. The molecule has 3 rings (SSSR count). The molecule has 0 aliphatic carbocycles. The van der Waals surface area contributed by atoms with Crippen molar-refractivity contribution in [3.63, 3.8) is 0 Å². The maximum absolute atomic E-state index is 11.8. The van der Waals surface area contributed by atoms with Crippen LogP contribution in [0.3, 0.4) is 0 Å². The second-order valence-corrected chi connectivity index (χ2v) is 5.32. The first kappa shape index (κ1) is 11.9. The molecule has 1 aromatic carbocycles. The Morgan fingerprint density at radius 3 is 3.05 bits per heavy atom. The van der Waals surface area contributed by atoms with Gasteiger partial charge in [-0.1, -0.05) is 18.2 Å². The van der Waals surface area contributed by atoms with Crippen LogP contribution in [0.4, 0.5) is 5.69 Å². The molecule has 96 valence electrons. The van der Waals surface area contributed by atoms with Gasteiger partial charge in [-0.25, -0.2) is 0 Å². The van der Waals surface area contributed by atoms with E-state index in [1.807, 2.05) is 29.6 Å². The highest BCUT2D eigenvalue weighted by Crippen LogP contribution is 2.23. The average molecular weight is 272 g/mol. The SMILES string of the molecule is O=C1Cc2cc(CNC(=O)c3cccs3)ccc2N1. The standard InChI is InChI=1S/C14H12N2O2S/c17-13-7-10-6-9(3-4-11(10)16-13)8-15-14(18)12-2-1-5-19-12/h1-6H,7-8H2,(H,15,18)(H,16,17). The van der Waals surface area contributed by atoms with Crippen LogP contribution in [-0.2, 0) is 17.8 Å². The van der Waals surface area contributed by atoms with Crippen molar-refractivity contribution >= 4 is 28.8 Å². The Morgan fingerprint density at radius 1 is 1.37 bits per heavy atom. The Kier molecular flexibility index (Phi) is 3.05. The number of carbonyl (C=O) groups is 2. The van der Waals surface area contributed by atoms with Crippen molar-refractivity contribution in [2.24, 2.45) is 0 Å². The Balaban J connectivity index is 1.67. The minimum atomic E-state index is -0.0651. The summed E-state index contributed by atoms with van der Waals surface area (Å²) >= 11 is 1.42. The number of rotatable bonds is 3. The predicted molar refractivity (Wildman–Crippen MR) is 74.3 cm³/mol. The summed E-state index contributed by atoms with van der Waals surface area (Å²) in [5.74, 6) is -0.0422. The zero-order valence-corrected chi connectivity index (χ0v) is 10.9. The highest BCUT2D eigenvalue weighted by Gasteiger charge is 2.17. The lowest BCUT2D eigenvalue weighted by Gasteiger charge is -2.06. The van der Waals surface area contributed by atoms with Gasteiger partial charge in [0.05, 0.1) is 11.3 Å². The van der Waals surface area contributed by atoms with Gasteiger partial charge in [-0.3, -0.25) is 9.59 Å². The van der Waals surface area contributed by atoms with Crippen molar-refractivity contribution < 1.29 is 9.59 Å². The van der Waals surface area contributed by atoms with E-state index in [1.165, 1.54) is 11.3 Å². The maximum atomic E-state index is 11.8. The molecule has 1 aromatic heterocycles. The summed E-state index contributed by atoms with van der Waals surface area (Å²) in [6.45, 7) is 0.470. The summed E-state index contributed by atoms with van der Waals surface area (Å²) in [5.41, 5.74) is 2.87. The molecule has 0 fully saturated rings. The number of nitrogens with one attached hydrogen (secondary N) is 2. The molecular formula is C14H12N2O2S. The monoisotopic (exact) mass is 272 g/mol. The molecule has 0 bridgehead atoms. The fourth-order valence-corrected chi connectivity index (χ4v) is 2.71. The number of anilines is 1. The molecule has 19 heavy (non-hydrogen) atoms. The van der Waals surface area contributed by atoms with Gasteiger partial charge in [0.15, 0.2) is 0 Å². The van der Waals surface area contributed by atoms with Crippen LogP contribution < -0.4 is 10.6 Å². The second kappa shape index (κ2) is 4.85. The van der Waals surface area contributed by atoms with Gasteiger partial charge in [0.2, 0.25) is 5.91 Å². The molecule has 0 radical (unpaired) electrons. The fourth-order valence-electron chi connectivity index (χ4n) is 2.07. The van der Waals surface area contributed by atoms with E-state index in [0.29, 0.717) is 17.8 Å². The minimum absolute atomic E-state index is 0.0229. The highest BCUT2D eigenvalue weighted by atomic mass is 32.1. The highest BCUT2D eigenvalue weighted by molar-refractivity contribution is 7.12. The molecule has 4 nitrogen and oxygen atoms in total. The topological polar surface area (TPSA) is 58.2 Å². The Morgan fingerprint density at radius 2 is 2.26 bits per heavy atom. The minimum Gasteiger partial charge on any atom is -0.347 e. The Hall–Kier alpha value is -2.14. The lowest BCUT2D eigenvalue weighted by Crippen LogP contribution is -2.21. The van der Waals surface area contributed by atoms with Gasteiger partial charge in [-0.2, -0.15) is 0 Å². The van der Waals surface area contributed by atoms with Crippen LogP contribution in [0, 0.1) is 0 Å². The third-order valence-corrected chi connectivity index (χ3v) is 3.86. The van der Waals surface area contributed by atoms with E-state index in [2.05, 4.69) is 10.6 Å². The van der Waals surface area contributed by atoms with Crippen LogP contribution in [0.2, 0.25) is 0 Å². The van der Waals surface area contributed by atoms with Gasteiger partial charge in [0.25, 0.3) is 5.91 Å². The Labute approximate surface area is 114 Å². The molecule has 0 spiro atoms. The van der Waals surface area contributed by atoms with Crippen LogP contribution in [-0.4, -0.2) is 11.8 Å². The number of hydrogen-bond acceptors (Lipinski definition) is 3.